The van der Waals surface area contributed by atoms with Crippen LogP contribution in [0.3, 0.4) is 0 Å². The smallest absolute Gasteiger partial charge is 0.278 e. The zero-order valence-electron chi connectivity index (χ0n) is 15.9. The van der Waals surface area contributed by atoms with Gasteiger partial charge in [0.1, 0.15) is 5.75 Å². The molecule has 4 rings (SSSR count). The van der Waals surface area contributed by atoms with Gasteiger partial charge in [-0.3, -0.25) is 9.59 Å². The van der Waals surface area contributed by atoms with E-state index in [1.165, 1.54) is 17.7 Å². The van der Waals surface area contributed by atoms with E-state index in [1.54, 1.807) is 49.6 Å². The molecule has 0 fully saturated rings. The number of hydrogen-bond acceptors (Lipinski definition) is 6. The molecule has 0 saturated heterocycles. The Morgan fingerprint density at radius 1 is 0.933 bits per heavy atom. The maximum atomic E-state index is 12.7. The Balaban J connectivity index is 1.47. The number of amides is 2. The fourth-order valence-corrected chi connectivity index (χ4v) is 3.48. The Labute approximate surface area is 176 Å². The molecule has 2 heterocycles. The summed E-state index contributed by atoms with van der Waals surface area (Å²) in [4.78, 5) is 29.5. The molecule has 8 heteroatoms. The van der Waals surface area contributed by atoms with E-state index in [4.69, 9.17) is 9.15 Å². The first-order valence-electron chi connectivity index (χ1n) is 8.99. The van der Waals surface area contributed by atoms with Gasteiger partial charge in [0.25, 0.3) is 11.8 Å². The molecule has 0 aliphatic rings. The third kappa shape index (κ3) is 4.08. The predicted octanol–water partition coefficient (Wildman–Crippen LogP) is 4.92. The molecular weight excluding hydrogens is 402 g/mol. The molecular formula is C22H17N3O4S. The van der Waals surface area contributed by atoms with Crippen LogP contribution in [0.4, 0.5) is 11.4 Å². The fourth-order valence-electron chi connectivity index (χ4n) is 2.86. The third-order valence-corrected chi connectivity index (χ3v) is 5.15. The number of carbonyl (C=O) groups excluding carboxylic acids is 2. The zero-order valence-corrected chi connectivity index (χ0v) is 16.7. The van der Waals surface area contributed by atoms with E-state index in [-0.39, 0.29) is 11.6 Å². The average Bonchev–Trinajstić information content (AvgIpc) is 3.47. The van der Waals surface area contributed by atoms with E-state index in [0.717, 1.165) is 0 Å². The molecule has 0 saturated carbocycles. The molecule has 0 spiro atoms. The summed E-state index contributed by atoms with van der Waals surface area (Å²) < 4.78 is 10.8. The van der Waals surface area contributed by atoms with Gasteiger partial charge in [0.05, 0.1) is 17.6 Å². The molecule has 0 bridgehead atoms. The van der Waals surface area contributed by atoms with Crippen molar-refractivity contribution < 1.29 is 18.7 Å². The van der Waals surface area contributed by atoms with Gasteiger partial charge in [-0.15, -0.1) is 11.3 Å². The molecule has 2 amide bonds. The number of benzene rings is 2. The number of rotatable bonds is 6. The number of oxazole rings is 1. The highest BCUT2D eigenvalue weighted by atomic mass is 32.1. The number of aromatic nitrogens is 1. The Bertz CT molecular complexity index is 1170. The lowest BCUT2D eigenvalue weighted by Gasteiger charge is -2.09. The molecule has 30 heavy (non-hydrogen) atoms. The van der Waals surface area contributed by atoms with Crippen LogP contribution in [-0.4, -0.2) is 23.9 Å². The van der Waals surface area contributed by atoms with Gasteiger partial charge in [0.15, 0.2) is 17.8 Å². The third-order valence-electron chi connectivity index (χ3n) is 4.28. The van der Waals surface area contributed by atoms with E-state index >= 15 is 0 Å². The lowest BCUT2D eigenvalue weighted by atomic mass is 10.1. The van der Waals surface area contributed by atoms with Crippen molar-refractivity contribution in [1.29, 1.82) is 0 Å². The highest BCUT2D eigenvalue weighted by Crippen LogP contribution is 2.32. The van der Waals surface area contributed by atoms with Crippen molar-refractivity contribution in [1.82, 2.24) is 4.98 Å². The van der Waals surface area contributed by atoms with Crippen molar-refractivity contribution in [3.8, 4) is 17.1 Å². The fraction of sp³-hybridized carbons (Fsp3) is 0.0455. The summed E-state index contributed by atoms with van der Waals surface area (Å²) in [6.45, 7) is 0. The zero-order chi connectivity index (χ0) is 20.9. The first-order valence-corrected chi connectivity index (χ1v) is 9.87. The van der Waals surface area contributed by atoms with Crippen LogP contribution in [0, 0.1) is 0 Å². The van der Waals surface area contributed by atoms with Crippen LogP contribution in [0.25, 0.3) is 11.3 Å². The minimum absolute atomic E-state index is 0.148. The number of ether oxygens (including phenoxy) is 1. The number of anilines is 2. The van der Waals surface area contributed by atoms with Crippen LogP contribution in [-0.2, 0) is 0 Å². The van der Waals surface area contributed by atoms with Crippen LogP contribution in [0.5, 0.6) is 5.75 Å². The lowest BCUT2D eigenvalue weighted by Crippen LogP contribution is -2.14. The summed E-state index contributed by atoms with van der Waals surface area (Å²) in [5.74, 6) is 0.310. The molecule has 2 N–H and O–H groups in total. The summed E-state index contributed by atoms with van der Waals surface area (Å²) in [6, 6.07) is 17.6. The molecule has 2 aromatic carbocycles. The molecule has 4 aromatic rings. The molecule has 2 aromatic heterocycles. The molecule has 0 atom stereocenters. The highest BCUT2D eigenvalue weighted by Gasteiger charge is 2.21. The second-order valence-electron chi connectivity index (χ2n) is 6.19. The Morgan fingerprint density at radius 3 is 2.30 bits per heavy atom. The Hall–Kier alpha value is -3.91. The molecule has 0 unspecified atom stereocenters. The number of carbonyl (C=O) groups is 2. The minimum atomic E-state index is -0.417. The number of para-hydroxylation sites is 1. The number of hydrogen-bond donors (Lipinski definition) is 2. The predicted molar refractivity (Wildman–Crippen MR) is 115 cm³/mol. The van der Waals surface area contributed by atoms with Crippen LogP contribution in [0.15, 0.2) is 76.9 Å². The first kappa shape index (κ1) is 19.4. The van der Waals surface area contributed by atoms with E-state index < -0.39 is 5.91 Å². The van der Waals surface area contributed by atoms with Crippen molar-refractivity contribution >= 4 is 34.5 Å². The topological polar surface area (TPSA) is 93.5 Å². The van der Waals surface area contributed by atoms with Gasteiger partial charge in [-0.2, -0.15) is 0 Å². The number of thiophene rings is 1. The Kier molecular flexibility index (Phi) is 5.58. The molecule has 0 aliphatic carbocycles. The average molecular weight is 419 g/mol. The van der Waals surface area contributed by atoms with E-state index in [0.29, 0.717) is 33.3 Å². The maximum Gasteiger partial charge on any atom is 0.278 e. The van der Waals surface area contributed by atoms with Crippen LogP contribution in [0.2, 0.25) is 0 Å². The number of nitrogens with zero attached hydrogens (tertiary/aromatic N) is 1. The van der Waals surface area contributed by atoms with Crippen molar-refractivity contribution in [2.45, 2.75) is 0 Å². The summed E-state index contributed by atoms with van der Waals surface area (Å²) in [5.41, 5.74) is 1.97. The molecule has 0 radical (unpaired) electrons. The van der Waals surface area contributed by atoms with Crippen LogP contribution < -0.4 is 15.4 Å². The summed E-state index contributed by atoms with van der Waals surface area (Å²) in [6.07, 6.45) is 1.22. The van der Waals surface area contributed by atoms with Crippen molar-refractivity contribution in [3.63, 3.8) is 0 Å². The van der Waals surface area contributed by atoms with E-state index in [1.807, 2.05) is 23.6 Å². The second-order valence-corrected chi connectivity index (χ2v) is 7.14. The SMILES string of the molecule is COc1ccccc1-c1ocnc1C(=O)Nc1ccc(NC(=O)c2cccs2)cc1. The quantitative estimate of drug-likeness (QED) is 0.463. The second kappa shape index (κ2) is 8.62. The normalized spacial score (nSPS) is 10.4. The van der Waals surface area contributed by atoms with Gasteiger partial charge in [0, 0.05) is 11.4 Å². The van der Waals surface area contributed by atoms with Gasteiger partial charge in [-0.05, 0) is 47.8 Å². The van der Waals surface area contributed by atoms with E-state index in [2.05, 4.69) is 15.6 Å². The van der Waals surface area contributed by atoms with Crippen LogP contribution in [0.1, 0.15) is 20.2 Å². The number of methoxy groups -OCH3 is 1. The summed E-state index contributed by atoms with van der Waals surface area (Å²) in [5, 5.41) is 7.44. The molecule has 0 aliphatic heterocycles. The standard InChI is InChI=1S/C22H17N3O4S/c1-28-17-6-3-2-5-16(17)20-19(23-13-29-20)22(27)25-15-10-8-14(9-11-15)24-21(26)18-7-4-12-30-18/h2-13H,1H3,(H,24,26)(H,25,27). The van der Waals surface area contributed by atoms with Crippen molar-refractivity contribution in [3.05, 3.63) is 83.0 Å². The van der Waals surface area contributed by atoms with Crippen molar-refractivity contribution in [2.24, 2.45) is 0 Å². The van der Waals surface area contributed by atoms with Crippen LogP contribution >= 0.6 is 11.3 Å². The van der Waals surface area contributed by atoms with E-state index in [9.17, 15) is 9.59 Å². The monoisotopic (exact) mass is 419 g/mol. The Morgan fingerprint density at radius 2 is 1.63 bits per heavy atom. The highest BCUT2D eigenvalue weighted by molar-refractivity contribution is 7.12. The van der Waals surface area contributed by atoms with Gasteiger partial charge >= 0.3 is 0 Å². The first-order chi connectivity index (χ1) is 14.7. The van der Waals surface area contributed by atoms with Gasteiger partial charge < -0.3 is 19.8 Å². The summed E-state index contributed by atoms with van der Waals surface area (Å²) >= 11 is 1.37. The van der Waals surface area contributed by atoms with Gasteiger partial charge in [0.2, 0.25) is 0 Å². The molecule has 150 valence electrons. The number of nitrogens with one attached hydrogen (secondary N) is 2. The van der Waals surface area contributed by atoms with Gasteiger partial charge in [-0.25, -0.2) is 4.98 Å². The van der Waals surface area contributed by atoms with Crippen molar-refractivity contribution in [2.75, 3.05) is 17.7 Å². The van der Waals surface area contributed by atoms with Gasteiger partial charge in [-0.1, -0.05) is 18.2 Å². The largest absolute Gasteiger partial charge is 0.496 e. The summed E-state index contributed by atoms with van der Waals surface area (Å²) in [7, 11) is 1.55. The maximum absolute atomic E-state index is 12.7. The lowest BCUT2D eigenvalue weighted by molar-refractivity contribution is 0.101. The minimum Gasteiger partial charge on any atom is -0.496 e. The molecule has 7 nitrogen and oxygen atoms in total.